The molecule has 0 saturated heterocycles. The third-order valence-corrected chi connectivity index (χ3v) is 3.61. The van der Waals surface area contributed by atoms with E-state index in [9.17, 15) is 9.59 Å². The van der Waals surface area contributed by atoms with Gasteiger partial charge in [-0.15, -0.1) is 0 Å². The van der Waals surface area contributed by atoms with Crippen molar-refractivity contribution in [3.8, 4) is 0 Å². The highest BCUT2D eigenvalue weighted by molar-refractivity contribution is 5.78. The van der Waals surface area contributed by atoms with Crippen LogP contribution in [-0.2, 0) is 9.59 Å². The molecule has 5 heteroatoms. The highest BCUT2D eigenvalue weighted by Gasteiger charge is 2.19. The van der Waals surface area contributed by atoms with Crippen LogP contribution in [0.25, 0.3) is 0 Å². The molecule has 0 aromatic carbocycles. The Morgan fingerprint density at radius 3 is 2.14 bits per heavy atom. The van der Waals surface area contributed by atoms with Gasteiger partial charge in [0.15, 0.2) is 0 Å². The van der Waals surface area contributed by atoms with Crippen LogP contribution < -0.4 is 5.32 Å². The number of nitrogens with one attached hydrogen (secondary N) is 1. The second-order valence-electron chi connectivity index (χ2n) is 6.37. The summed E-state index contributed by atoms with van der Waals surface area (Å²) in [5, 5.41) is 11.9. The van der Waals surface area contributed by atoms with Gasteiger partial charge in [0, 0.05) is 19.5 Å². The Morgan fingerprint density at radius 2 is 1.67 bits per heavy atom. The highest BCUT2D eigenvalue weighted by atomic mass is 16.4. The number of carbonyl (C=O) groups excluding carboxylic acids is 1. The summed E-state index contributed by atoms with van der Waals surface area (Å²) in [5.74, 6) is -0.594. The summed E-state index contributed by atoms with van der Waals surface area (Å²) in [5.41, 5.74) is -0.0129. The van der Waals surface area contributed by atoms with Crippen molar-refractivity contribution in [2.75, 3.05) is 26.2 Å². The molecule has 0 aromatic heterocycles. The molecule has 5 nitrogen and oxygen atoms in total. The second kappa shape index (κ2) is 10.6. The molecule has 0 spiro atoms. The van der Waals surface area contributed by atoms with Gasteiger partial charge in [0.2, 0.25) is 5.91 Å². The number of carbonyl (C=O) groups is 2. The molecule has 0 heterocycles. The van der Waals surface area contributed by atoms with Crippen molar-refractivity contribution in [2.45, 2.75) is 59.8 Å². The molecule has 2 N–H and O–H groups in total. The standard InChI is InChI=1S/C16H32N2O3/c1-5-11-18(12-6-2)14(19)13-17-10-9-16(3,4)8-7-15(20)21/h17H,5-13H2,1-4H3,(H,20,21). The maximum absolute atomic E-state index is 12.0. The summed E-state index contributed by atoms with van der Waals surface area (Å²) < 4.78 is 0. The van der Waals surface area contributed by atoms with E-state index in [4.69, 9.17) is 5.11 Å². The van der Waals surface area contributed by atoms with E-state index in [1.54, 1.807) is 0 Å². The SMILES string of the molecule is CCCN(CCC)C(=O)CNCCC(C)(C)CCC(=O)O. The number of hydrogen-bond acceptors (Lipinski definition) is 3. The van der Waals surface area contributed by atoms with E-state index in [1.807, 2.05) is 4.90 Å². The minimum Gasteiger partial charge on any atom is -0.481 e. The molecule has 0 aromatic rings. The van der Waals surface area contributed by atoms with Crippen LogP contribution in [0.5, 0.6) is 0 Å². The summed E-state index contributed by atoms with van der Waals surface area (Å²) in [6.07, 6.45) is 3.69. The Balaban J connectivity index is 3.96. The largest absolute Gasteiger partial charge is 0.481 e. The third-order valence-electron chi connectivity index (χ3n) is 3.61. The second-order valence-corrected chi connectivity index (χ2v) is 6.37. The third kappa shape index (κ3) is 10.3. The molecule has 0 aliphatic heterocycles. The van der Waals surface area contributed by atoms with Gasteiger partial charge in [0.1, 0.15) is 0 Å². The van der Waals surface area contributed by atoms with E-state index in [1.165, 1.54) is 0 Å². The van der Waals surface area contributed by atoms with Crippen LogP contribution >= 0.6 is 0 Å². The van der Waals surface area contributed by atoms with Gasteiger partial charge in [-0.3, -0.25) is 9.59 Å². The molecule has 0 bridgehead atoms. The molecule has 21 heavy (non-hydrogen) atoms. The first kappa shape index (κ1) is 19.9. The number of amides is 1. The number of nitrogens with zero attached hydrogens (tertiary/aromatic N) is 1. The number of hydrogen-bond donors (Lipinski definition) is 2. The molecule has 124 valence electrons. The summed E-state index contributed by atoms with van der Waals surface area (Å²) in [6, 6.07) is 0. The quantitative estimate of drug-likeness (QED) is 0.543. The Hall–Kier alpha value is -1.10. The van der Waals surface area contributed by atoms with E-state index in [-0.39, 0.29) is 17.7 Å². The monoisotopic (exact) mass is 300 g/mol. The molecule has 1 amide bonds. The Bertz CT molecular complexity index is 311. The lowest BCUT2D eigenvalue weighted by atomic mass is 9.84. The summed E-state index contributed by atoms with van der Waals surface area (Å²) in [4.78, 5) is 24.6. The van der Waals surface area contributed by atoms with Crippen molar-refractivity contribution < 1.29 is 14.7 Å². The Kier molecular flexibility index (Phi) is 10.0. The van der Waals surface area contributed by atoms with E-state index < -0.39 is 5.97 Å². The summed E-state index contributed by atoms with van der Waals surface area (Å²) in [6.45, 7) is 11.0. The van der Waals surface area contributed by atoms with Crippen molar-refractivity contribution in [1.29, 1.82) is 0 Å². The highest BCUT2D eigenvalue weighted by Crippen LogP contribution is 2.25. The molecule has 0 radical (unpaired) electrons. The lowest BCUT2D eigenvalue weighted by molar-refractivity contribution is -0.137. The maximum Gasteiger partial charge on any atom is 0.303 e. The fourth-order valence-electron chi connectivity index (χ4n) is 2.21. The predicted molar refractivity (Wildman–Crippen MR) is 85.3 cm³/mol. The average Bonchev–Trinajstić information content (AvgIpc) is 2.41. The lowest BCUT2D eigenvalue weighted by Gasteiger charge is -2.25. The zero-order valence-corrected chi connectivity index (χ0v) is 14.1. The smallest absolute Gasteiger partial charge is 0.303 e. The number of rotatable bonds is 12. The van der Waals surface area contributed by atoms with Gasteiger partial charge in [-0.2, -0.15) is 0 Å². The van der Waals surface area contributed by atoms with Gasteiger partial charge in [-0.1, -0.05) is 27.7 Å². The van der Waals surface area contributed by atoms with Gasteiger partial charge in [-0.25, -0.2) is 0 Å². The van der Waals surface area contributed by atoms with E-state index >= 15 is 0 Å². The predicted octanol–water partition coefficient (Wildman–Crippen LogP) is 2.51. The molecule has 0 aliphatic rings. The number of carboxylic acids is 1. The van der Waals surface area contributed by atoms with Crippen molar-refractivity contribution in [1.82, 2.24) is 10.2 Å². The van der Waals surface area contributed by atoms with Crippen LogP contribution in [0.4, 0.5) is 0 Å². The van der Waals surface area contributed by atoms with Gasteiger partial charge in [0.05, 0.1) is 6.54 Å². The number of carboxylic acid groups (broad SMARTS) is 1. The van der Waals surface area contributed by atoms with Crippen LogP contribution in [0.2, 0.25) is 0 Å². The topological polar surface area (TPSA) is 69.6 Å². The first-order valence-electron chi connectivity index (χ1n) is 8.02. The van der Waals surface area contributed by atoms with Crippen molar-refractivity contribution >= 4 is 11.9 Å². The lowest BCUT2D eigenvalue weighted by Crippen LogP contribution is -2.39. The maximum atomic E-state index is 12.0. The molecular weight excluding hydrogens is 268 g/mol. The van der Waals surface area contributed by atoms with Crippen molar-refractivity contribution in [3.05, 3.63) is 0 Å². The van der Waals surface area contributed by atoms with E-state index in [0.29, 0.717) is 13.0 Å². The molecule has 0 saturated carbocycles. The minimum absolute atomic E-state index is 0.0129. The molecule has 0 atom stereocenters. The fraction of sp³-hybridized carbons (Fsp3) is 0.875. The van der Waals surface area contributed by atoms with Crippen molar-refractivity contribution in [2.24, 2.45) is 5.41 Å². The van der Waals surface area contributed by atoms with Crippen molar-refractivity contribution in [3.63, 3.8) is 0 Å². The van der Waals surface area contributed by atoms with Crippen LogP contribution in [0, 0.1) is 5.41 Å². The normalized spacial score (nSPS) is 11.4. The van der Waals surface area contributed by atoms with Crippen LogP contribution in [0.3, 0.4) is 0 Å². The van der Waals surface area contributed by atoms with Crippen LogP contribution in [-0.4, -0.2) is 48.1 Å². The number of aliphatic carboxylic acids is 1. The summed E-state index contributed by atoms with van der Waals surface area (Å²) >= 11 is 0. The fourth-order valence-corrected chi connectivity index (χ4v) is 2.21. The molecular formula is C16H32N2O3. The molecule has 0 rings (SSSR count). The van der Waals surface area contributed by atoms with Gasteiger partial charge >= 0.3 is 5.97 Å². The average molecular weight is 300 g/mol. The van der Waals surface area contributed by atoms with Gasteiger partial charge in [-0.05, 0) is 37.6 Å². The first-order valence-corrected chi connectivity index (χ1v) is 8.02. The Morgan fingerprint density at radius 1 is 1.10 bits per heavy atom. The van der Waals surface area contributed by atoms with Crippen LogP contribution in [0.1, 0.15) is 59.8 Å². The summed E-state index contributed by atoms with van der Waals surface area (Å²) in [7, 11) is 0. The van der Waals surface area contributed by atoms with Gasteiger partial charge in [0.25, 0.3) is 0 Å². The van der Waals surface area contributed by atoms with Crippen LogP contribution in [0.15, 0.2) is 0 Å². The van der Waals surface area contributed by atoms with Gasteiger partial charge < -0.3 is 15.3 Å². The molecule has 0 aliphatic carbocycles. The Labute approximate surface area is 129 Å². The minimum atomic E-state index is -0.749. The molecule has 0 fully saturated rings. The molecule has 0 unspecified atom stereocenters. The zero-order chi connectivity index (χ0) is 16.3. The zero-order valence-electron chi connectivity index (χ0n) is 14.1. The first-order chi connectivity index (χ1) is 9.82. The van der Waals surface area contributed by atoms with E-state index in [2.05, 4.69) is 33.0 Å². The van der Waals surface area contributed by atoms with E-state index in [0.717, 1.165) is 38.9 Å².